The van der Waals surface area contributed by atoms with E-state index in [1.54, 1.807) is 23.1 Å². The Labute approximate surface area is 233 Å². The van der Waals surface area contributed by atoms with Gasteiger partial charge in [-0.2, -0.15) is 0 Å². The van der Waals surface area contributed by atoms with Crippen molar-refractivity contribution in [2.24, 2.45) is 17.8 Å². The van der Waals surface area contributed by atoms with Crippen molar-refractivity contribution in [2.75, 3.05) is 31.5 Å². The molecule has 6 rings (SSSR count). The van der Waals surface area contributed by atoms with Crippen LogP contribution in [-0.2, 0) is 19.1 Å². The van der Waals surface area contributed by atoms with E-state index in [0.717, 1.165) is 45.3 Å². The van der Waals surface area contributed by atoms with Gasteiger partial charge in [-0.05, 0) is 50.4 Å². The number of hydrogen-bond acceptors (Lipinski definition) is 5. The Balaban J connectivity index is 1.27. The van der Waals surface area contributed by atoms with Gasteiger partial charge < -0.3 is 25.2 Å². The number of nitrogens with one attached hydrogen (secondary N) is 2. The fourth-order valence-electron chi connectivity index (χ4n) is 7.61. The average Bonchev–Trinajstić information content (AvgIpc) is 3.51. The van der Waals surface area contributed by atoms with Crippen molar-refractivity contribution >= 4 is 46.6 Å². The van der Waals surface area contributed by atoms with Crippen LogP contribution >= 0.6 is 23.2 Å². The Bertz CT molecular complexity index is 1120. The van der Waals surface area contributed by atoms with E-state index in [2.05, 4.69) is 22.5 Å². The molecular weight excluding hydrogens is 527 g/mol. The van der Waals surface area contributed by atoms with Gasteiger partial charge in [-0.1, -0.05) is 49.4 Å². The summed E-state index contributed by atoms with van der Waals surface area (Å²) in [6.45, 7) is 5.46. The number of ether oxygens (including phenoxy) is 1. The first-order valence-electron chi connectivity index (χ1n) is 14.1. The van der Waals surface area contributed by atoms with Crippen LogP contribution in [0.4, 0.5) is 5.69 Å². The fourth-order valence-corrected chi connectivity index (χ4v) is 7.90. The Morgan fingerprint density at radius 3 is 2.55 bits per heavy atom. The SMILES string of the molecule is CCN1CC(CN2C(=O)C3C(C(=O)Nc4ccc(Cl)c(Cl)c4)C4CCC3(O4)C2C(=O)NC2CCCCC2)C1. The molecule has 4 saturated heterocycles. The van der Waals surface area contributed by atoms with E-state index in [1.807, 2.05) is 0 Å². The smallest absolute Gasteiger partial charge is 0.246 e. The molecule has 1 aromatic carbocycles. The number of carbonyl (C=O) groups is 3. The van der Waals surface area contributed by atoms with Crippen LogP contribution in [0.15, 0.2) is 18.2 Å². The van der Waals surface area contributed by atoms with Crippen LogP contribution in [0, 0.1) is 17.8 Å². The van der Waals surface area contributed by atoms with Gasteiger partial charge in [0.1, 0.15) is 11.6 Å². The lowest BCUT2D eigenvalue weighted by atomic mass is 9.70. The second-order valence-electron chi connectivity index (χ2n) is 11.7. The van der Waals surface area contributed by atoms with Gasteiger partial charge >= 0.3 is 0 Å². The second kappa shape index (κ2) is 10.3. The molecule has 5 fully saturated rings. The summed E-state index contributed by atoms with van der Waals surface area (Å²) in [7, 11) is 0. The second-order valence-corrected chi connectivity index (χ2v) is 12.5. The molecule has 4 heterocycles. The number of nitrogens with zero attached hydrogens (tertiary/aromatic N) is 2. The molecule has 10 heteroatoms. The molecule has 206 valence electrons. The van der Waals surface area contributed by atoms with Crippen LogP contribution in [0.25, 0.3) is 0 Å². The van der Waals surface area contributed by atoms with Gasteiger partial charge in [-0.15, -0.1) is 0 Å². The number of carbonyl (C=O) groups excluding carboxylic acids is 3. The summed E-state index contributed by atoms with van der Waals surface area (Å²) in [5.74, 6) is -1.53. The van der Waals surface area contributed by atoms with Gasteiger partial charge in [0.25, 0.3) is 0 Å². The lowest BCUT2D eigenvalue weighted by Crippen LogP contribution is -2.59. The number of fused-ring (bicyclic) bond motifs is 1. The van der Waals surface area contributed by atoms with E-state index >= 15 is 0 Å². The molecule has 2 bridgehead atoms. The normalized spacial score (nSPS) is 33.3. The van der Waals surface area contributed by atoms with Crippen LogP contribution in [-0.4, -0.2) is 77.5 Å². The maximum Gasteiger partial charge on any atom is 0.246 e. The summed E-state index contributed by atoms with van der Waals surface area (Å²) in [5.41, 5.74) is -0.446. The van der Waals surface area contributed by atoms with E-state index in [9.17, 15) is 14.4 Å². The van der Waals surface area contributed by atoms with Crippen LogP contribution in [0.1, 0.15) is 51.9 Å². The van der Waals surface area contributed by atoms with Gasteiger partial charge in [0.15, 0.2) is 0 Å². The van der Waals surface area contributed by atoms with Gasteiger partial charge in [0, 0.05) is 37.3 Å². The molecule has 1 aliphatic carbocycles. The van der Waals surface area contributed by atoms with E-state index in [0.29, 0.717) is 41.0 Å². The van der Waals surface area contributed by atoms with E-state index in [-0.39, 0.29) is 23.8 Å². The van der Waals surface area contributed by atoms with Crippen molar-refractivity contribution in [3.8, 4) is 0 Å². The van der Waals surface area contributed by atoms with Crippen LogP contribution in [0.3, 0.4) is 0 Å². The number of anilines is 1. The van der Waals surface area contributed by atoms with Crippen LogP contribution in [0.5, 0.6) is 0 Å². The summed E-state index contributed by atoms with van der Waals surface area (Å²) in [5, 5.41) is 6.95. The minimum absolute atomic E-state index is 0.120. The molecule has 1 saturated carbocycles. The molecule has 1 spiro atoms. The molecule has 8 nitrogen and oxygen atoms in total. The molecule has 3 amide bonds. The molecular formula is C28H36Cl2N4O4. The first-order chi connectivity index (χ1) is 18.3. The standard InChI is InChI=1S/C28H36Cl2N4O4/c1-2-33-13-16(14-33)15-34-24(26(36)31-17-6-4-3-5-7-17)28-11-10-21(38-28)22(23(28)27(34)37)25(35)32-18-8-9-19(29)20(30)12-18/h8-9,12,16-17,21-24H,2-7,10-11,13-15H2,1H3,(H,31,36)(H,32,35). The Hall–Kier alpha value is -1.87. The third-order valence-corrected chi connectivity index (χ3v) is 10.2. The van der Waals surface area contributed by atoms with E-state index < -0.39 is 29.6 Å². The quantitative estimate of drug-likeness (QED) is 0.528. The highest BCUT2D eigenvalue weighted by atomic mass is 35.5. The van der Waals surface area contributed by atoms with Crippen LogP contribution < -0.4 is 10.6 Å². The van der Waals surface area contributed by atoms with Crippen LogP contribution in [0.2, 0.25) is 10.0 Å². The Morgan fingerprint density at radius 1 is 1.08 bits per heavy atom. The third-order valence-electron chi connectivity index (χ3n) is 9.42. The number of halogens is 2. The highest BCUT2D eigenvalue weighted by Crippen LogP contribution is 2.58. The molecule has 5 aliphatic rings. The zero-order chi connectivity index (χ0) is 26.6. The minimum atomic E-state index is -0.964. The monoisotopic (exact) mass is 562 g/mol. The van der Waals surface area contributed by atoms with E-state index in [1.165, 1.54) is 6.42 Å². The Morgan fingerprint density at radius 2 is 1.84 bits per heavy atom. The highest BCUT2D eigenvalue weighted by molar-refractivity contribution is 6.42. The van der Waals surface area contributed by atoms with E-state index in [4.69, 9.17) is 27.9 Å². The van der Waals surface area contributed by atoms with Crippen molar-refractivity contribution in [1.29, 1.82) is 0 Å². The zero-order valence-electron chi connectivity index (χ0n) is 21.8. The van der Waals surface area contributed by atoms with Crippen molar-refractivity contribution in [2.45, 2.75) is 75.7 Å². The number of likely N-dealkylation sites (tertiary alicyclic amines) is 2. The van der Waals surface area contributed by atoms with Gasteiger partial charge in [0.05, 0.1) is 28.0 Å². The fraction of sp³-hybridized carbons (Fsp3) is 0.679. The molecule has 0 radical (unpaired) electrons. The molecule has 5 unspecified atom stereocenters. The first-order valence-corrected chi connectivity index (χ1v) is 14.8. The lowest BCUT2D eigenvalue weighted by Gasteiger charge is -2.42. The molecule has 5 atom stereocenters. The van der Waals surface area contributed by atoms with Gasteiger partial charge in [-0.25, -0.2) is 0 Å². The topological polar surface area (TPSA) is 91.0 Å². The summed E-state index contributed by atoms with van der Waals surface area (Å²) >= 11 is 12.2. The zero-order valence-corrected chi connectivity index (χ0v) is 23.3. The van der Waals surface area contributed by atoms with Gasteiger partial charge in [0.2, 0.25) is 17.7 Å². The number of rotatable bonds is 7. The van der Waals surface area contributed by atoms with Gasteiger partial charge in [-0.3, -0.25) is 14.4 Å². The third kappa shape index (κ3) is 4.41. The molecule has 1 aromatic rings. The maximum absolute atomic E-state index is 14.1. The summed E-state index contributed by atoms with van der Waals surface area (Å²) < 4.78 is 6.56. The maximum atomic E-state index is 14.1. The molecule has 4 aliphatic heterocycles. The number of amides is 3. The van der Waals surface area contributed by atoms with Crippen molar-refractivity contribution < 1.29 is 19.1 Å². The Kier molecular flexibility index (Phi) is 7.12. The molecule has 2 N–H and O–H groups in total. The predicted molar refractivity (Wildman–Crippen MR) is 145 cm³/mol. The summed E-state index contributed by atoms with van der Waals surface area (Å²) in [6, 6.07) is 4.35. The summed E-state index contributed by atoms with van der Waals surface area (Å²) in [4.78, 5) is 45.7. The lowest BCUT2D eigenvalue weighted by molar-refractivity contribution is -0.143. The van der Waals surface area contributed by atoms with Crippen molar-refractivity contribution in [3.63, 3.8) is 0 Å². The highest BCUT2D eigenvalue weighted by Gasteiger charge is 2.74. The average molecular weight is 564 g/mol. The van der Waals surface area contributed by atoms with Crippen molar-refractivity contribution in [1.82, 2.24) is 15.1 Å². The molecule has 38 heavy (non-hydrogen) atoms. The molecule has 0 aromatic heterocycles. The number of hydrogen-bond donors (Lipinski definition) is 2. The van der Waals surface area contributed by atoms with Crippen molar-refractivity contribution in [3.05, 3.63) is 28.2 Å². The largest absolute Gasteiger partial charge is 0.367 e. The minimum Gasteiger partial charge on any atom is -0.367 e. The first kappa shape index (κ1) is 26.4. The number of benzene rings is 1. The predicted octanol–water partition coefficient (Wildman–Crippen LogP) is 3.71. The summed E-state index contributed by atoms with van der Waals surface area (Å²) in [6.07, 6.45) is 6.21.